The third-order valence-electron chi connectivity index (χ3n) is 3.46. The molecule has 1 fully saturated rings. The average molecular weight is 237 g/mol. The van der Waals surface area contributed by atoms with E-state index in [1.165, 1.54) is 0 Å². The van der Waals surface area contributed by atoms with Gasteiger partial charge in [0, 0.05) is 31.6 Å². The number of ether oxygens (including phenoxy) is 1. The normalized spacial score (nSPS) is 26.3. The maximum Gasteiger partial charge on any atom is 0.0640 e. The number of nitrogens with one attached hydrogen (secondary N) is 1. The van der Waals surface area contributed by atoms with Crippen molar-refractivity contribution in [3.8, 4) is 0 Å². The molecule has 0 bridgehead atoms. The lowest BCUT2D eigenvalue weighted by atomic mass is 9.93. The molecule has 0 radical (unpaired) electrons. The highest BCUT2D eigenvalue weighted by Crippen LogP contribution is 2.24. The van der Waals surface area contributed by atoms with Crippen LogP contribution < -0.4 is 5.32 Å². The van der Waals surface area contributed by atoms with Gasteiger partial charge in [-0.3, -0.25) is 4.68 Å². The van der Waals surface area contributed by atoms with Crippen molar-refractivity contribution in [3.05, 3.63) is 18.0 Å². The first-order chi connectivity index (χ1) is 8.19. The van der Waals surface area contributed by atoms with Gasteiger partial charge in [0.05, 0.1) is 18.4 Å². The van der Waals surface area contributed by atoms with Gasteiger partial charge in [0.2, 0.25) is 0 Å². The van der Waals surface area contributed by atoms with Crippen molar-refractivity contribution >= 4 is 0 Å². The van der Waals surface area contributed by atoms with Crippen LogP contribution in [0.1, 0.15) is 26.0 Å². The Hall–Kier alpha value is -0.870. The SMILES string of the molecule is CCNC(Cc1ccn(C)n1)C1COC(C)C1. The highest BCUT2D eigenvalue weighted by atomic mass is 16.5. The van der Waals surface area contributed by atoms with Gasteiger partial charge in [0.1, 0.15) is 0 Å². The number of aromatic nitrogens is 2. The Morgan fingerprint density at radius 3 is 3.00 bits per heavy atom. The van der Waals surface area contributed by atoms with E-state index in [2.05, 4.69) is 30.3 Å². The average Bonchev–Trinajstić information content (AvgIpc) is 2.87. The summed E-state index contributed by atoms with van der Waals surface area (Å²) < 4.78 is 7.54. The maximum atomic E-state index is 5.67. The van der Waals surface area contributed by atoms with E-state index < -0.39 is 0 Å². The molecule has 0 aliphatic carbocycles. The van der Waals surface area contributed by atoms with Gasteiger partial charge in [-0.05, 0) is 26.0 Å². The molecule has 96 valence electrons. The predicted molar refractivity (Wildman–Crippen MR) is 67.9 cm³/mol. The van der Waals surface area contributed by atoms with E-state index in [0.29, 0.717) is 18.1 Å². The van der Waals surface area contributed by atoms with Gasteiger partial charge in [-0.1, -0.05) is 6.92 Å². The van der Waals surface area contributed by atoms with Crippen molar-refractivity contribution in [2.24, 2.45) is 13.0 Å². The van der Waals surface area contributed by atoms with Gasteiger partial charge >= 0.3 is 0 Å². The van der Waals surface area contributed by atoms with Crippen LogP contribution in [0.2, 0.25) is 0 Å². The van der Waals surface area contributed by atoms with E-state index in [-0.39, 0.29) is 0 Å². The number of aryl methyl sites for hydroxylation is 1. The Morgan fingerprint density at radius 1 is 1.65 bits per heavy atom. The highest BCUT2D eigenvalue weighted by molar-refractivity contribution is 5.02. The van der Waals surface area contributed by atoms with Crippen molar-refractivity contribution in [2.45, 2.75) is 38.8 Å². The molecular weight excluding hydrogens is 214 g/mol. The number of rotatable bonds is 5. The molecule has 0 spiro atoms. The molecule has 17 heavy (non-hydrogen) atoms. The first-order valence-electron chi connectivity index (χ1n) is 6.52. The van der Waals surface area contributed by atoms with Crippen LogP contribution in [0, 0.1) is 5.92 Å². The van der Waals surface area contributed by atoms with E-state index in [9.17, 15) is 0 Å². The van der Waals surface area contributed by atoms with E-state index in [4.69, 9.17) is 4.74 Å². The smallest absolute Gasteiger partial charge is 0.0640 e. The number of nitrogens with zero attached hydrogens (tertiary/aromatic N) is 2. The van der Waals surface area contributed by atoms with Crippen molar-refractivity contribution in [3.63, 3.8) is 0 Å². The summed E-state index contributed by atoms with van der Waals surface area (Å²) in [6.45, 7) is 6.20. The molecule has 1 aliphatic rings. The largest absolute Gasteiger partial charge is 0.378 e. The van der Waals surface area contributed by atoms with Gasteiger partial charge in [-0.25, -0.2) is 0 Å². The highest BCUT2D eigenvalue weighted by Gasteiger charge is 2.29. The lowest BCUT2D eigenvalue weighted by molar-refractivity contribution is 0.117. The summed E-state index contributed by atoms with van der Waals surface area (Å²) in [5, 5.41) is 8.03. The summed E-state index contributed by atoms with van der Waals surface area (Å²) in [5.74, 6) is 0.618. The minimum atomic E-state index is 0.407. The van der Waals surface area contributed by atoms with Crippen LogP contribution in [-0.2, 0) is 18.2 Å². The van der Waals surface area contributed by atoms with E-state index >= 15 is 0 Å². The molecule has 0 saturated carbocycles. The molecule has 2 heterocycles. The fraction of sp³-hybridized carbons (Fsp3) is 0.769. The Kier molecular flexibility index (Phi) is 4.18. The standard InChI is InChI=1S/C13H23N3O/c1-4-14-13(11-7-10(2)17-9-11)8-12-5-6-16(3)15-12/h5-6,10-11,13-14H,4,7-9H2,1-3H3. The van der Waals surface area contributed by atoms with E-state index in [0.717, 1.165) is 31.7 Å². The van der Waals surface area contributed by atoms with Crippen molar-refractivity contribution in [1.82, 2.24) is 15.1 Å². The quantitative estimate of drug-likeness (QED) is 0.840. The summed E-state index contributed by atoms with van der Waals surface area (Å²) in [5.41, 5.74) is 1.16. The van der Waals surface area contributed by atoms with Gasteiger partial charge in [-0.15, -0.1) is 0 Å². The zero-order valence-corrected chi connectivity index (χ0v) is 11.0. The summed E-state index contributed by atoms with van der Waals surface area (Å²) >= 11 is 0. The number of hydrogen-bond acceptors (Lipinski definition) is 3. The van der Waals surface area contributed by atoms with Crippen molar-refractivity contribution in [2.75, 3.05) is 13.2 Å². The lowest BCUT2D eigenvalue weighted by Crippen LogP contribution is -2.38. The monoisotopic (exact) mass is 237 g/mol. The molecule has 1 N–H and O–H groups in total. The second kappa shape index (κ2) is 5.65. The second-order valence-electron chi connectivity index (χ2n) is 4.99. The van der Waals surface area contributed by atoms with Crippen LogP contribution in [0.5, 0.6) is 0 Å². The zero-order valence-electron chi connectivity index (χ0n) is 11.0. The van der Waals surface area contributed by atoms with Gasteiger partial charge in [-0.2, -0.15) is 5.10 Å². The van der Waals surface area contributed by atoms with Crippen LogP contribution >= 0.6 is 0 Å². The molecule has 4 nitrogen and oxygen atoms in total. The van der Waals surface area contributed by atoms with Gasteiger partial charge in [0.15, 0.2) is 0 Å². The minimum absolute atomic E-state index is 0.407. The summed E-state index contributed by atoms with van der Waals surface area (Å²) in [7, 11) is 1.96. The van der Waals surface area contributed by atoms with Crippen LogP contribution in [-0.4, -0.2) is 35.1 Å². The molecule has 4 heteroatoms. The summed E-state index contributed by atoms with van der Waals surface area (Å²) in [6, 6.07) is 2.59. The van der Waals surface area contributed by atoms with Crippen LogP contribution in [0.3, 0.4) is 0 Å². The number of likely N-dealkylation sites (N-methyl/N-ethyl adjacent to an activating group) is 1. The van der Waals surface area contributed by atoms with Crippen LogP contribution in [0.25, 0.3) is 0 Å². The Bertz CT molecular complexity index is 350. The van der Waals surface area contributed by atoms with Gasteiger partial charge < -0.3 is 10.1 Å². The first-order valence-corrected chi connectivity index (χ1v) is 6.52. The maximum absolute atomic E-state index is 5.67. The van der Waals surface area contributed by atoms with Crippen LogP contribution in [0.4, 0.5) is 0 Å². The predicted octanol–water partition coefficient (Wildman–Crippen LogP) is 1.37. The molecule has 0 aromatic carbocycles. The molecule has 1 saturated heterocycles. The molecule has 3 unspecified atom stereocenters. The third-order valence-corrected chi connectivity index (χ3v) is 3.46. The van der Waals surface area contributed by atoms with Crippen molar-refractivity contribution in [1.29, 1.82) is 0 Å². The molecule has 2 rings (SSSR count). The molecule has 1 aromatic rings. The third kappa shape index (κ3) is 3.30. The summed E-state index contributed by atoms with van der Waals surface area (Å²) in [4.78, 5) is 0. The Morgan fingerprint density at radius 2 is 2.47 bits per heavy atom. The molecule has 1 aromatic heterocycles. The summed E-state index contributed by atoms with van der Waals surface area (Å²) in [6.07, 6.45) is 4.57. The lowest BCUT2D eigenvalue weighted by Gasteiger charge is -2.22. The molecule has 1 aliphatic heterocycles. The molecular formula is C13H23N3O. The second-order valence-corrected chi connectivity index (χ2v) is 4.99. The fourth-order valence-electron chi connectivity index (χ4n) is 2.60. The van der Waals surface area contributed by atoms with Crippen molar-refractivity contribution < 1.29 is 4.74 Å². The molecule has 3 atom stereocenters. The van der Waals surface area contributed by atoms with E-state index in [1.54, 1.807) is 0 Å². The topological polar surface area (TPSA) is 39.1 Å². The molecule has 0 amide bonds. The van der Waals surface area contributed by atoms with Crippen LogP contribution in [0.15, 0.2) is 12.3 Å². The zero-order chi connectivity index (χ0) is 12.3. The minimum Gasteiger partial charge on any atom is -0.378 e. The Balaban J connectivity index is 1.97. The van der Waals surface area contributed by atoms with Gasteiger partial charge in [0.25, 0.3) is 0 Å². The Labute approximate surface area is 103 Å². The van der Waals surface area contributed by atoms with E-state index in [1.807, 2.05) is 17.9 Å². The number of hydrogen-bond donors (Lipinski definition) is 1. The fourth-order valence-corrected chi connectivity index (χ4v) is 2.60. The first kappa shape index (κ1) is 12.6.